The number of hydrogen-bond donors (Lipinski definition) is 1. The number of carbonyl (C=O) groups is 1. The number of rotatable bonds is 9. The van der Waals surface area contributed by atoms with E-state index in [1.807, 2.05) is 67.7 Å². The first-order valence-corrected chi connectivity index (χ1v) is 12.8. The summed E-state index contributed by atoms with van der Waals surface area (Å²) in [5.74, 6) is 0.496. The Labute approximate surface area is 217 Å². The minimum atomic E-state index is -0.613. The molecule has 1 atom stereocenters. The molecule has 0 spiro atoms. The fourth-order valence-corrected chi connectivity index (χ4v) is 5.63. The van der Waals surface area contributed by atoms with Gasteiger partial charge in [-0.05, 0) is 68.6 Å². The predicted octanol–water partition coefficient (Wildman–Crippen LogP) is 3.92. The van der Waals surface area contributed by atoms with Crippen LogP contribution in [0, 0.1) is 0 Å². The number of hydrogen-bond acceptors (Lipinski definition) is 7. The van der Waals surface area contributed by atoms with Crippen LogP contribution < -0.4 is 0 Å². The molecular formula is C29H32N6O2. The van der Waals surface area contributed by atoms with E-state index in [0.717, 1.165) is 42.7 Å². The van der Waals surface area contributed by atoms with E-state index in [1.165, 1.54) is 0 Å². The predicted molar refractivity (Wildman–Crippen MR) is 140 cm³/mol. The van der Waals surface area contributed by atoms with Crippen molar-refractivity contribution in [3.05, 3.63) is 108 Å². The molecule has 1 aliphatic heterocycles. The maximum absolute atomic E-state index is 13.2. The highest BCUT2D eigenvalue weighted by Gasteiger charge is 2.45. The van der Waals surface area contributed by atoms with Gasteiger partial charge < -0.3 is 9.64 Å². The lowest BCUT2D eigenvalue weighted by Crippen LogP contribution is -2.49. The topological polar surface area (TPSA) is 96.9 Å². The minimum Gasteiger partial charge on any atom is -0.465 e. The van der Waals surface area contributed by atoms with Crippen molar-refractivity contribution in [3.8, 4) is 0 Å². The van der Waals surface area contributed by atoms with Gasteiger partial charge in [-0.3, -0.25) is 9.78 Å². The number of benzene rings is 2. The van der Waals surface area contributed by atoms with Crippen LogP contribution in [0.2, 0.25) is 0 Å². The van der Waals surface area contributed by atoms with Gasteiger partial charge >= 0.3 is 5.97 Å². The molecule has 1 saturated heterocycles. The van der Waals surface area contributed by atoms with E-state index >= 15 is 0 Å². The van der Waals surface area contributed by atoms with Crippen LogP contribution in [-0.4, -0.2) is 62.7 Å². The van der Waals surface area contributed by atoms with Crippen LogP contribution in [0.15, 0.2) is 85.2 Å². The van der Waals surface area contributed by atoms with Crippen LogP contribution in [0.3, 0.4) is 0 Å². The van der Waals surface area contributed by atoms with Crippen molar-refractivity contribution in [3.63, 3.8) is 0 Å². The van der Waals surface area contributed by atoms with Gasteiger partial charge in [0.2, 0.25) is 0 Å². The molecular weight excluding hydrogens is 464 g/mol. The Kier molecular flexibility index (Phi) is 7.37. The molecule has 3 heterocycles. The van der Waals surface area contributed by atoms with Crippen LogP contribution in [0.5, 0.6) is 0 Å². The van der Waals surface area contributed by atoms with Crippen molar-refractivity contribution in [2.24, 2.45) is 0 Å². The van der Waals surface area contributed by atoms with Crippen molar-refractivity contribution in [2.45, 2.75) is 37.0 Å². The number of carbonyl (C=O) groups excluding carboxylic acids is 1. The van der Waals surface area contributed by atoms with E-state index in [1.54, 1.807) is 6.20 Å². The number of aromatic amines is 1. The van der Waals surface area contributed by atoms with Crippen LogP contribution in [0.25, 0.3) is 0 Å². The first-order chi connectivity index (χ1) is 18.2. The molecule has 5 rings (SSSR count). The summed E-state index contributed by atoms with van der Waals surface area (Å²) in [5, 5.41) is 15.5. The number of aromatic nitrogens is 5. The van der Waals surface area contributed by atoms with Crippen LogP contribution in [0.4, 0.5) is 0 Å². The normalized spacial score (nSPS) is 17.1. The second-order valence-electron chi connectivity index (χ2n) is 9.51. The van der Waals surface area contributed by atoms with Crippen molar-refractivity contribution in [1.82, 2.24) is 30.5 Å². The Morgan fingerprint density at radius 2 is 1.70 bits per heavy atom. The second-order valence-corrected chi connectivity index (χ2v) is 9.51. The summed E-state index contributed by atoms with van der Waals surface area (Å²) < 4.78 is 5.56. The maximum atomic E-state index is 13.2. The number of tetrazole rings is 1. The van der Waals surface area contributed by atoms with Gasteiger partial charge in [0.25, 0.3) is 0 Å². The largest absolute Gasteiger partial charge is 0.465 e. The Morgan fingerprint density at radius 1 is 1.00 bits per heavy atom. The van der Waals surface area contributed by atoms with Crippen LogP contribution in [-0.2, 0) is 20.4 Å². The lowest BCUT2D eigenvalue weighted by atomic mass is 9.70. The number of nitrogens with zero attached hydrogens (tertiary/aromatic N) is 5. The van der Waals surface area contributed by atoms with Gasteiger partial charge in [0, 0.05) is 12.4 Å². The molecule has 37 heavy (non-hydrogen) atoms. The number of pyridine rings is 1. The molecule has 1 aliphatic rings. The number of nitrogens with one attached hydrogen (secondary N) is 1. The van der Waals surface area contributed by atoms with Crippen LogP contribution in [0.1, 0.15) is 48.7 Å². The zero-order valence-corrected chi connectivity index (χ0v) is 21.1. The highest BCUT2D eigenvalue weighted by molar-refractivity contribution is 5.83. The van der Waals surface area contributed by atoms with Crippen molar-refractivity contribution in [1.29, 1.82) is 0 Å². The van der Waals surface area contributed by atoms with E-state index in [2.05, 4.69) is 48.7 Å². The summed E-state index contributed by atoms with van der Waals surface area (Å²) in [6, 6.07) is 24.4. The van der Waals surface area contributed by atoms with Gasteiger partial charge in [0.05, 0.1) is 17.4 Å². The van der Waals surface area contributed by atoms with E-state index < -0.39 is 10.8 Å². The minimum absolute atomic E-state index is 0.123. The highest BCUT2D eigenvalue weighted by Crippen LogP contribution is 2.41. The molecule has 0 bridgehead atoms. The molecule has 1 N–H and O–H groups in total. The first kappa shape index (κ1) is 24.8. The fourth-order valence-electron chi connectivity index (χ4n) is 5.63. The fraction of sp³-hybridized carbons (Fsp3) is 0.345. The summed E-state index contributed by atoms with van der Waals surface area (Å²) in [6.45, 7) is 4.62. The third kappa shape index (κ3) is 4.76. The summed E-state index contributed by atoms with van der Waals surface area (Å²) in [5.41, 5.74) is 1.92. The number of piperidine rings is 1. The van der Waals surface area contributed by atoms with Crippen LogP contribution >= 0.6 is 0 Å². The zero-order chi connectivity index (χ0) is 25.6. The molecule has 0 radical (unpaired) electrons. The van der Waals surface area contributed by atoms with Gasteiger partial charge in [0.15, 0.2) is 5.82 Å². The Morgan fingerprint density at radius 3 is 2.32 bits per heavy atom. The van der Waals surface area contributed by atoms with Gasteiger partial charge in [-0.15, -0.1) is 10.2 Å². The molecule has 8 nitrogen and oxygen atoms in total. The van der Waals surface area contributed by atoms with Crippen molar-refractivity contribution < 1.29 is 9.53 Å². The van der Waals surface area contributed by atoms with Gasteiger partial charge in [-0.25, -0.2) is 0 Å². The molecule has 0 aliphatic carbocycles. The monoisotopic (exact) mass is 496 g/mol. The van der Waals surface area contributed by atoms with E-state index in [0.29, 0.717) is 25.3 Å². The van der Waals surface area contributed by atoms with Gasteiger partial charge in [0.1, 0.15) is 0 Å². The molecule has 4 aromatic rings. The summed E-state index contributed by atoms with van der Waals surface area (Å²) >= 11 is 0. The quantitative estimate of drug-likeness (QED) is 0.351. The molecule has 1 fully saturated rings. The standard InChI is InChI=1S/C29H32N6O2/c1-2-37-27(36)28(23-10-5-3-6-11-23)15-19-35(20-16-28)21-17-29(26-31-33-34-32-26,24-12-7-4-8-13-24)25-14-9-18-30-22-25/h3-14,18,22H,2,15-17,19-21H2,1H3,(H,31,32,33,34). The zero-order valence-electron chi connectivity index (χ0n) is 21.1. The molecule has 8 heteroatoms. The van der Waals surface area contributed by atoms with E-state index in [-0.39, 0.29) is 5.97 Å². The molecule has 190 valence electrons. The first-order valence-electron chi connectivity index (χ1n) is 12.8. The third-order valence-corrected chi connectivity index (χ3v) is 7.65. The average Bonchev–Trinajstić information content (AvgIpc) is 3.51. The molecule has 0 amide bonds. The number of esters is 1. The highest BCUT2D eigenvalue weighted by atomic mass is 16.5. The smallest absolute Gasteiger partial charge is 0.316 e. The Hall–Kier alpha value is -3.91. The lowest BCUT2D eigenvalue weighted by Gasteiger charge is -2.41. The van der Waals surface area contributed by atoms with Gasteiger partial charge in [-0.2, -0.15) is 5.21 Å². The number of ether oxygens (including phenoxy) is 1. The molecule has 2 aromatic carbocycles. The number of H-pyrrole nitrogens is 1. The van der Waals surface area contributed by atoms with Crippen molar-refractivity contribution in [2.75, 3.05) is 26.2 Å². The van der Waals surface area contributed by atoms with E-state index in [4.69, 9.17) is 4.74 Å². The lowest BCUT2D eigenvalue weighted by molar-refractivity contribution is -0.152. The summed E-state index contributed by atoms with van der Waals surface area (Å²) in [6.07, 6.45) is 5.83. The third-order valence-electron chi connectivity index (χ3n) is 7.65. The second kappa shape index (κ2) is 11.0. The van der Waals surface area contributed by atoms with Gasteiger partial charge in [-0.1, -0.05) is 71.9 Å². The van der Waals surface area contributed by atoms with E-state index in [9.17, 15) is 4.79 Å². The maximum Gasteiger partial charge on any atom is 0.316 e. The average molecular weight is 497 g/mol. The summed E-state index contributed by atoms with van der Waals surface area (Å²) in [7, 11) is 0. The Bertz CT molecular complexity index is 1220. The Balaban J connectivity index is 1.42. The number of likely N-dealkylation sites (tertiary alicyclic amines) is 1. The summed E-state index contributed by atoms with van der Waals surface area (Å²) in [4.78, 5) is 20.0. The molecule has 0 saturated carbocycles. The molecule has 2 aromatic heterocycles. The SMILES string of the molecule is CCOC(=O)C1(c2ccccc2)CCN(CCC(c2ccccc2)(c2cccnc2)c2nn[nH]n2)CC1. The van der Waals surface area contributed by atoms with Crippen molar-refractivity contribution >= 4 is 5.97 Å². The molecule has 1 unspecified atom stereocenters.